The number of carbonyl (C=O) groups is 2. The molecule has 5 nitrogen and oxygen atoms in total. The Morgan fingerprint density at radius 1 is 0.971 bits per heavy atom. The van der Waals surface area contributed by atoms with Gasteiger partial charge in [-0.2, -0.15) is 0 Å². The van der Waals surface area contributed by atoms with Crippen LogP contribution in [0.4, 0.5) is 0 Å². The predicted octanol–water partition coefficient (Wildman–Crippen LogP) is 5.93. The second-order valence-electron chi connectivity index (χ2n) is 8.38. The van der Waals surface area contributed by atoms with Gasteiger partial charge in [0.1, 0.15) is 11.8 Å². The molecule has 2 atom stereocenters. The van der Waals surface area contributed by atoms with Crippen LogP contribution in [0.25, 0.3) is 0 Å². The average Bonchev–Trinajstić information content (AvgIpc) is 2.86. The molecule has 7 heteroatoms. The molecule has 0 heterocycles. The smallest absolute Gasteiger partial charge is 0.261 e. The van der Waals surface area contributed by atoms with Crippen LogP contribution in [0, 0.1) is 0 Å². The summed E-state index contributed by atoms with van der Waals surface area (Å²) in [6, 6.07) is 23.0. The van der Waals surface area contributed by atoms with Crippen molar-refractivity contribution < 1.29 is 14.3 Å². The zero-order chi connectivity index (χ0) is 25.2. The quantitative estimate of drug-likeness (QED) is 0.346. The van der Waals surface area contributed by atoms with Crippen molar-refractivity contribution in [1.82, 2.24) is 10.2 Å². The van der Waals surface area contributed by atoms with E-state index in [0.717, 1.165) is 17.5 Å². The van der Waals surface area contributed by atoms with Crippen molar-refractivity contribution in [3.8, 4) is 5.75 Å². The first-order valence-electron chi connectivity index (χ1n) is 11.6. The Morgan fingerprint density at radius 3 is 2.37 bits per heavy atom. The normalized spacial score (nSPS) is 12.5. The molecule has 184 valence electrons. The van der Waals surface area contributed by atoms with Crippen molar-refractivity contribution in [1.29, 1.82) is 0 Å². The number of halogens is 2. The Bertz CT molecular complexity index is 1120. The molecule has 0 radical (unpaired) electrons. The van der Waals surface area contributed by atoms with Gasteiger partial charge in [-0.25, -0.2) is 0 Å². The number of carbonyl (C=O) groups excluding carboxylic acids is 2. The van der Waals surface area contributed by atoms with Gasteiger partial charge in [0.05, 0.1) is 0 Å². The molecule has 0 fully saturated rings. The molecular weight excluding hydrogens is 483 g/mol. The third kappa shape index (κ3) is 8.01. The van der Waals surface area contributed by atoms with Gasteiger partial charge in [-0.15, -0.1) is 0 Å². The summed E-state index contributed by atoms with van der Waals surface area (Å²) in [5.41, 5.74) is 1.70. The van der Waals surface area contributed by atoms with E-state index in [1.54, 1.807) is 35.2 Å². The highest BCUT2D eigenvalue weighted by atomic mass is 35.5. The lowest BCUT2D eigenvalue weighted by molar-refractivity contribution is -0.143. The third-order valence-corrected chi connectivity index (χ3v) is 6.33. The van der Waals surface area contributed by atoms with Crippen LogP contribution in [0.15, 0.2) is 78.9 Å². The summed E-state index contributed by atoms with van der Waals surface area (Å²) >= 11 is 12.5. The van der Waals surface area contributed by atoms with E-state index in [1.165, 1.54) is 0 Å². The zero-order valence-electron chi connectivity index (χ0n) is 19.9. The molecular formula is C28H30Cl2N2O3. The van der Waals surface area contributed by atoms with E-state index >= 15 is 0 Å². The molecule has 3 aromatic rings. The van der Waals surface area contributed by atoms with Crippen LogP contribution in [-0.2, 0) is 22.6 Å². The summed E-state index contributed by atoms with van der Waals surface area (Å²) in [7, 11) is 0. The summed E-state index contributed by atoms with van der Waals surface area (Å²) in [6.07, 6.45) is 1.14. The minimum atomic E-state index is -0.752. The van der Waals surface area contributed by atoms with E-state index in [4.69, 9.17) is 27.9 Å². The molecule has 0 aliphatic rings. The number of ether oxygens (including phenoxy) is 1. The average molecular weight is 513 g/mol. The first-order valence-corrected chi connectivity index (χ1v) is 12.4. The summed E-state index contributed by atoms with van der Waals surface area (Å²) in [6.45, 7) is 3.87. The maximum Gasteiger partial charge on any atom is 0.261 e. The van der Waals surface area contributed by atoms with Gasteiger partial charge in [-0.3, -0.25) is 9.59 Å². The molecule has 0 spiro atoms. The Hall–Kier alpha value is -3.02. The van der Waals surface area contributed by atoms with E-state index in [9.17, 15) is 9.59 Å². The van der Waals surface area contributed by atoms with Crippen LogP contribution in [0.5, 0.6) is 5.75 Å². The third-order valence-electron chi connectivity index (χ3n) is 5.73. The summed E-state index contributed by atoms with van der Waals surface area (Å²) in [5.74, 6) is -0.0660. The van der Waals surface area contributed by atoms with Gasteiger partial charge < -0.3 is 15.0 Å². The van der Waals surface area contributed by atoms with Crippen molar-refractivity contribution in [3.63, 3.8) is 0 Å². The van der Waals surface area contributed by atoms with Crippen LogP contribution >= 0.6 is 23.2 Å². The highest BCUT2D eigenvalue weighted by molar-refractivity contribution is 6.31. The predicted molar refractivity (Wildman–Crippen MR) is 141 cm³/mol. The van der Waals surface area contributed by atoms with Crippen LogP contribution in [0.3, 0.4) is 0 Å². The Kier molecular flexibility index (Phi) is 10.0. The topological polar surface area (TPSA) is 58.6 Å². The van der Waals surface area contributed by atoms with E-state index in [-0.39, 0.29) is 31.0 Å². The van der Waals surface area contributed by atoms with Crippen molar-refractivity contribution in [2.75, 3.05) is 6.61 Å². The molecule has 2 amide bonds. The minimum absolute atomic E-state index is 0.0271. The second-order valence-corrected chi connectivity index (χ2v) is 9.23. The fraction of sp³-hybridized carbons (Fsp3) is 0.286. The van der Waals surface area contributed by atoms with Gasteiger partial charge in [0, 0.05) is 29.1 Å². The van der Waals surface area contributed by atoms with Gasteiger partial charge in [0.25, 0.3) is 5.91 Å². The first kappa shape index (κ1) is 26.6. The summed E-state index contributed by atoms with van der Waals surface area (Å²) in [4.78, 5) is 28.6. The van der Waals surface area contributed by atoms with Crippen LogP contribution < -0.4 is 10.1 Å². The van der Waals surface area contributed by atoms with Gasteiger partial charge in [0.2, 0.25) is 5.91 Å². The van der Waals surface area contributed by atoms with Crippen molar-refractivity contribution in [3.05, 3.63) is 100 Å². The molecule has 0 unspecified atom stereocenters. The SMILES string of the molecule is CC[C@@H](C)NC(=O)[C@@H](Cc1ccccc1)N(Cc1ccccc1Cl)C(=O)COc1cccc(Cl)c1. The second kappa shape index (κ2) is 13.2. The lowest BCUT2D eigenvalue weighted by Crippen LogP contribution is -2.53. The molecule has 0 aliphatic heterocycles. The maximum atomic E-state index is 13.6. The van der Waals surface area contributed by atoms with Crippen molar-refractivity contribution in [2.24, 2.45) is 0 Å². The fourth-order valence-electron chi connectivity index (χ4n) is 3.59. The largest absolute Gasteiger partial charge is 0.484 e. The molecule has 0 saturated heterocycles. The molecule has 0 aromatic heterocycles. The van der Waals surface area contributed by atoms with Crippen molar-refractivity contribution in [2.45, 2.75) is 45.3 Å². The number of hydrogen-bond donors (Lipinski definition) is 1. The van der Waals surface area contributed by atoms with Crippen molar-refractivity contribution >= 4 is 35.0 Å². The van der Waals surface area contributed by atoms with E-state index in [0.29, 0.717) is 22.2 Å². The van der Waals surface area contributed by atoms with Gasteiger partial charge in [0.15, 0.2) is 6.61 Å². The molecule has 0 saturated carbocycles. The monoisotopic (exact) mass is 512 g/mol. The molecule has 35 heavy (non-hydrogen) atoms. The number of benzene rings is 3. The number of amides is 2. The summed E-state index contributed by atoms with van der Waals surface area (Å²) in [5, 5.41) is 4.08. The standard InChI is InChI=1S/C28H30Cl2N2O3/c1-3-20(2)31-28(34)26(16-21-10-5-4-6-11-21)32(18-22-12-7-8-15-25(22)30)27(33)19-35-24-14-9-13-23(29)17-24/h4-15,17,20,26H,3,16,18-19H2,1-2H3,(H,31,34)/t20-,26-/m1/s1. The maximum absolute atomic E-state index is 13.6. The van der Waals surface area contributed by atoms with E-state index in [1.807, 2.05) is 62.4 Å². The van der Waals surface area contributed by atoms with E-state index < -0.39 is 6.04 Å². The zero-order valence-corrected chi connectivity index (χ0v) is 21.4. The van der Waals surface area contributed by atoms with Crippen LogP contribution in [0.2, 0.25) is 10.0 Å². The molecule has 1 N–H and O–H groups in total. The fourth-order valence-corrected chi connectivity index (χ4v) is 3.97. The molecule has 3 rings (SSSR count). The molecule has 0 aliphatic carbocycles. The van der Waals surface area contributed by atoms with Crippen LogP contribution in [0.1, 0.15) is 31.4 Å². The Balaban J connectivity index is 1.92. The highest BCUT2D eigenvalue weighted by Gasteiger charge is 2.31. The Labute approximate surface area is 217 Å². The first-order chi connectivity index (χ1) is 16.9. The van der Waals surface area contributed by atoms with Gasteiger partial charge in [-0.05, 0) is 48.7 Å². The minimum Gasteiger partial charge on any atom is -0.484 e. The number of rotatable bonds is 11. The Morgan fingerprint density at radius 2 is 1.69 bits per heavy atom. The highest BCUT2D eigenvalue weighted by Crippen LogP contribution is 2.22. The lowest BCUT2D eigenvalue weighted by atomic mass is 10.0. The number of nitrogens with one attached hydrogen (secondary N) is 1. The van der Waals surface area contributed by atoms with Gasteiger partial charge >= 0.3 is 0 Å². The number of hydrogen-bond acceptors (Lipinski definition) is 3. The lowest BCUT2D eigenvalue weighted by Gasteiger charge is -2.32. The molecule has 3 aromatic carbocycles. The summed E-state index contributed by atoms with van der Waals surface area (Å²) < 4.78 is 5.74. The molecule has 0 bridgehead atoms. The number of nitrogens with zero attached hydrogens (tertiary/aromatic N) is 1. The van der Waals surface area contributed by atoms with Crippen LogP contribution in [-0.4, -0.2) is 35.4 Å². The van der Waals surface area contributed by atoms with Gasteiger partial charge in [-0.1, -0.05) is 84.7 Å². The van der Waals surface area contributed by atoms with E-state index in [2.05, 4.69) is 5.32 Å².